The molecular weight excluding hydrogens is 1360 g/mol. The summed E-state index contributed by atoms with van der Waals surface area (Å²) in [4.78, 5) is 5.34. The third-order valence-electron chi connectivity index (χ3n) is 24.6. The van der Waals surface area contributed by atoms with Gasteiger partial charge in [0.2, 0.25) is 0 Å². The van der Waals surface area contributed by atoms with E-state index >= 15 is 0 Å². The van der Waals surface area contributed by atoms with Crippen LogP contribution in [-0.4, -0.2) is 9.13 Å². The van der Waals surface area contributed by atoms with Crippen LogP contribution in [-0.2, 0) is 37.9 Å². The van der Waals surface area contributed by atoms with Crippen LogP contribution in [0.4, 0.5) is 34.1 Å². The highest BCUT2D eigenvalue weighted by Gasteiger charge is 2.45. The molecule has 3 aromatic heterocycles. The molecular formula is C107H106N4O. The van der Waals surface area contributed by atoms with Gasteiger partial charge in [0, 0.05) is 60.6 Å². The fraction of sp³-hybridized carbons (Fsp3) is 0.271. The SMILES string of the molecule is CC(C)(C)c1cccc(-c2ccc3c(c2)C2c4ccc(-n5c6ccc(C(C)(C)C)cc6c6cc(C(C)(C)C)ccc65)cc4N(c4c(-c5ccccc5)cc(C(C)(C)C)cc4-c4ccccc4)c4cc(C(C)(C)C)cc(c42)N3c2cccc3c2oc2c(-n4c5ccc(C(C)(C)C)cc5c5cc(C(C)(C)C)ccc54)cccc23)c1. The second-order valence-corrected chi connectivity index (χ2v) is 39.5. The molecule has 0 N–H and O–H groups in total. The van der Waals surface area contributed by atoms with Crippen LogP contribution in [0.3, 0.4) is 0 Å². The molecule has 5 heterocycles. The van der Waals surface area contributed by atoms with E-state index in [-0.39, 0.29) is 43.8 Å². The van der Waals surface area contributed by atoms with Gasteiger partial charge >= 0.3 is 0 Å². The molecule has 0 aliphatic carbocycles. The Hall–Kier alpha value is -11.1. The van der Waals surface area contributed by atoms with Gasteiger partial charge in [0.1, 0.15) is 0 Å². The molecule has 0 bridgehead atoms. The lowest BCUT2D eigenvalue weighted by Crippen LogP contribution is -2.31. The minimum atomic E-state index is -0.325. The molecule has 0 spiro atoms. The number of aromatic nitrogens is 2. The lowest BCUT2D eigenvalue weighted by Gasteiger charge is -2.47. The Balaban J connectivity index is 0.973. The van der Waals surface area contributed by atoms with Crippen molar-refractivity contribution in [3.05, 3.63) is 310 Å². The molecule has 18 rings (SSSR count). The molecule has 560 valence electrons. The van der Waals surface area contributed by atoms with E-state index in [4.69, 9.17) is 4.42 Å². The Labute approximate surface area is 663 Å². The lowest BCUT2D eigenvalue weighted by atomic mass is 9.73. The van der Waals surface area contributed by atoms with Crippen LogP contribution >= 0.6 is 0 Å². The molecule has 5 nitrogen and oxygen atoms in total. The highest BCUT2D eigenvalue weighted by Crippen LogP contribution is 2.65. The number of hydrogen-bond donors (Lipinski definition) is 0. The zero-order valence-corrected chi connectivity index (χ0v) is 69.5. The second-order valence-electron chi connectivity index (χ2n) is 39.5. The van der Waals surface area contributed by atoms with E-state index < -0.39 is 0 Å². The summed E-state index contributed by atoms with van der Waals surface area (Å²) in [6, 6.07) is 99.2. The quantitative estimate of drug-likeness (QED) is 0.159. The van der Waals surface area contributed by atoms with Crippen molar-refractivity contribution < 1.29 is 4.42 Å². The van der Waals surface area contributed by atoms with E-state index in [0.29, 0.717) is 0 Å². The van der Waals surface area contributed by atoms with E-state index in [9.17, 15) is 0 Å². The first-order chi connectivity index (χ1) is 53.0. The molecule has 0 saturated heterocycles. The fourth-order valence-corrected chi connectivity index (χ4v) is 18.0. The van der Waals surface area contributed by atoms with Crippen LogP contribution in [0.15, 0.2) is 259 Å². The van der Waals surface area contributed by atoms with Gasteiger partial charge in [-0.15, -0.1) is 0 Å². The van der Waals surface area contributed by atoms with E-state index in [1.807, 2.05) is 0 Å². The summed E-state index contributed by atoms with van der Waals surface area (Å²) >= 11 is 0. The maximum Gasteiger partial charge on any atom is 0.159 e. The second kappa shape index (κ2) is 25.2. The van der Waals surface area contributed by atoms with E-state index in [1.165, 1.54) is 110 Å². The summed E-state index contributed by atoms with van der Waals surface area (Å²) in [5.74, 6) is -0.248. The molecule has 2 aliphatic heterocycles. The van der Waals surface area contributed by atoms with Gasteiger partial charge in [0.15, 0.2) is 11.2 Å². The standard InChI is InChI=1S/C107H106N4O/c1-101(2,3)68-36-28-35-66(53-68)67-41-48-90-85(54-67)96-78-47-46-75(108-86-49-42-69(102(4,5)6)55-81(86)82-56-70(103(7,8)9)43-50-87(82)108)63-93(78)111(98-79(64-31-24-22-25-32-64)59-73(106(16,17)18)60-80(98)65-33-26-23-27-34-65)95-62-74(107(19,20)21)61-94(97(95)96)110(90)92-40-30-38-77-76-37-29-39-91(99(76)112-100(77)92)109-88-51-44-71(104(10,11)12)57-83(88)84-58-72(105(13,14)15)45-52-89(84)109/h22-63,96H,1-21H3. The van der Waals surface area contributed by atoms with Gasteiger partial charge in [-0.1, -0.05) is 291 Å². The maximum atomic E-state index is 7.90. The van der Waals surface area contributed by atoms with Crippen molar-refractivity contribution in [2.75, 3.05) is 9.80 Å². The molecule has 0 saturated carbocycles. The normalized spacial score (nSPS) is 14.3. The zero-order valence-electron chi connectivity index (χ0n) is 69.5. The molecule has 5 heteroatoms. The van der Waals surface area contributed by atoms with Crippen LogP contribution in [0.25, 0.3) is 110 Å². The maximum absolute atomic E-state index is 7.90. The van der Waals surface area contributed by atoms with Gasteiger partial charge in [0.25, 0.3) is 0 Å². The highest BCUT2D eigenvalue weighted by molar-refractivity contribution is 6.17. The number of fused-ring (bicyclic) bond motifs is 13. The van der Waals surface area contributed by atoms with Gasteiger partial charge in [-0.2, -0.15) is 0 Å². The summed E-state index contributed by atoms with van der Waals surface area (Å²) in [6.45, 7) is 49.2. The monoisotopic (exact) mass is 1460 g/mol. The van der Waals surface area contributed by atoms with Gasteiger partial charge in [-0.05, 0) is 219 Å². The summed E-state index contributed by atoms with van der Waals surface area (Å²) in [5.41, 5.74) is 34.1. The fourth-order valence-electron chi connectivity index (χ4n) is 18.0. The minimum absolute atomic E-state index is 0.0427. The Kier molecular flexibility index (Phi) is 16.3. The molecule has 0 fully saturated rings. The molecule has 112 heavy (non-hydrogen) atoms. The van der Waals surface area contributed by atoms with Crippen LogP contribution in [0.5, 0.6) is 0 Å². The number of hydrogen-bond acceptors (Lipinski definition) is 3. The average molecular weight is 1460 g/mol. The van der Waals surface area contributed by atoms with E-state index in [1.54, 1.807) is 0 Å². The Morgan fingerprint density at radius 3 is 1.12 bits per heavy atom. The average Bonchev–Trinajstić information content (AvgIpc) is 0.706. The van der Waals surface area contributed by atoms with Crippen molar-refractivity contribution in [1.29, 1.82) is 0 Å². The zero-order chi connectivity index (χ0) is 78.6. The number of nitrogens with zero attached hydrogens (tertiary/aromatic N) is 4. The van der Waals surface area contributed by atoms with Gasteiger partial charge < -0.3 is 23.4 Å². The van der Waals surface area contributed by atoms with Crippen LogP contribution in [0, 0.1) is 0 Å². The number of rotatable bonds is 7. The van der Waals surface area contributed by atoms with Crippen molar-refractivity contribution in [1.82, 2.24) is 9.13 Å². The topological polar surface area (TPSA) is 29.5 Å². The van der Waals surface area contributed by atoms with E-state index in [0.717, 1.165) is 89.6 Å². The van der Waals surface area contributed by atoms with Crippen LogP contribution < -0.4 is 9.80 Å². The molecule has 13 aromatic carbocycles. The largest absolute Gasteiger partial charge is 0.452 e. The summed E-state index contributed by atoms with van der Waals surface area (Å²) in [5, 5.41) is 7.15. The summed E-state index contributed by atoms with van der Waals surface area (Å²) in [6.07, 6.45) is 0. The number of para-hydroxylation sites is 2. The van der Waals surface area contributed by atoms with Crippen LogP contribution in [0.1, 0.15) is 207 Å². The Bertz CT molecular complexity index is 6330. The summed E-state index contributed by atoms with van der Waals surface area (Å²) in [7, 11) is 0. The highest BCUT2D eigenvalue weighted by atomic mass is 16.3. The third-order valence-corrected chi connectivity index (χ3v) is 24.6. The Morgan fingerprint density at radius 1 is 0.241 bits per heavy atom. The van der Waals surface area contributed by atoms with Crippen molar-refractivity contribution >= 4 is 99.7 Å². The van der Waals surface area contributed by atoms with E-state index in [2.05, 4.69) is 419 Å². The first-order valence-corrected chi connectivity index (χ1v) is 40.6. The van der Waals surface area contributed by atoms with Crippen molar-refractivity contribution in [2.24, 2.45) is 0 Å². The smallest absolute Gasteiger partial charge is 0.159 e. The van der Waals surface area contributed by atoms with Crippen LogP contribution in [0.2, 0.25) is 0 Å². The van der Waals surface area contributed by atoms with Crippen molar-refractivity contribution in [2.45, 2.75) is 189 Å². The van der Waals surface area contributed by atoms with Gasteiger partial charge in [-0.25, -0.2) is 0 Å². The first-order valence-electron chi connectivity index (χ1n) is 40.6. The molecule has 2 aliphatic rings. The molecule has 1 atom stereocenters. The summed E-state index contributed by atoms with van der Waals surface area (Å²) < 4.78 is 12.9. The number of furan rings is 1. The molecule has 1 unspecified atom stereocenters. The predicted octanol–water partition coefficient (Wildman–Crippen LogP) is 30.6. The van der Waals surface area contributed by atoms with Gasteiger partial charge in [0.05, 0.1) is 61.9 Å². The van der Waals surface area contributed by atoms with Crippen molar-refractivity contribution in [3.8, 4) is 44.8 Å². The predicted molar refractivity (Wildman–Crippen MR) is 480 cm³/mol. The number of benzene rings is 13. The third kappa shape index (κ3) is 11.8. The molecule has 16 aromatic rings. The molecule has 0 amide bonds. The van der Waals surface area contributed by atoms with Crippen molar-refractivity contribution in [3.63, 3.8) is 0 Å². The lowest BCUT2D eigenvalue weighted by molar-refractivity contribution is 0.589. The minimum Gasteiger partial charge on any atom is -0.452 e. The number of anilines is 6. The van der Waals surface area contributed by atoms with Gasteiger partial charge in [-0.3, -0.25) is 0 Å². The first kappa shape index (κ1) is 72.4. The molecule has 0 radical (unpaired) electrons. The Morgan fingerprint density at radius 2 is 0.643 bits per heavy atom.